The van der Waals surface area contributed by atoms with Crippen LogP contribution in [-0.4, -0.2) is 24.7 Å². The van der Waals surface area contributed by atoms with Crippen molar-refractivity contribution in [1.82, 2.24) is 19.6 Å². The quantitative estimate of drug-likeness (QED) is 0.762. The Labute approximate surface area is 113 Å². The van der Waals surface area contributed by atoms with Gasteiger partial charge in [0.15, 0.2) is 11.6 Å². The maximum absolute atomic E-state index is 13.3. The van der Waals surface area contributed by atoms with Crippen LogP contribution in [0.4, 0.5) is 10.2 Å². The van der Waals surface area contributed by atoms with Crippen LogP contribution in [0.2, 0.25) is 0 Å². The normalized spacial score (nSPS) is 10.9. The third kappa shape index (κ3) is 2.25. The fraction of sp³-hybridized carbons (Fsp3) is 0.154. The van der Waals surface area contributed by atoms with Gasteiger partial charge in [-0.3, -0.25) is 0 Å². The summed E-state index contributed by atoms with van der Waals surface area (Å²) in [5, 5.41) is 16.4. The predicted octanol–water partition coefficient (Wildman–Crippen LogP) is 1.89. The molecule has 0 aliphatic rings. The molecule has 2 heterocycles. The van der Waals surface area contributed by atoms with Gasteiger partial charge in [-0.05, 0) is 24.6 Å². The Bertz CT molecular complexity index is 771. The number of hydrogen-bond donors (Lipinski definition) is 2. The van der Waals surface area contributed by atoms with E-state index in [0.29, 0.717) is 17.9 Å². The van der Waals surface area contributed by atoms with Gasteiger partial charge >= 0.3 is 0 Å². The van der Waals surface area contributed by atoms with Crippen molar-refractivity contribution in [3.05, 3.63) is 47.7 Å². The zero-order chi connectivity index (χ0) is 14.1. The van der Waals surface area contributed by atoms with Crippen molar-refractivity contribution in [2.45, 2.75) is 13.5 Å². The van der Waals surface area contributed by atoms with E-state index >= 15 is 0 Å². The number of phenolic OH excluding ortho intramolecular Hbond substituents is 1. The summed E-state index contributed by atoms with van der Waals surface area (Å²) in [5.41, 5.74) is 1.52. The molecule has 0 saturated heterocycles. The maximum atomic E-state index is 13.3. The van der Waals surface area contributed by atoms with Gasteiger partial charge in [0.1, 0.15) is 12.1 Å². The molecule has 0 spiro atoms. The minimum Gasteiger partial charge on any atom is -0.505 e. The van der Waals surface area contributed by atoms with E-state index in [2.05, 4.69) is 20.4 Å². The molecule has 2 aromatic heterocycles. The first kappa shape index (κ1) is 12.3. The molecule has 20 heavy (non-hydrogen) atoms. The molecule has 0 atom stereocenters. The van der Waals surface area contributed by atoms with Gasteiger partial charge in [-0.25, -0.2) is 9.37 Å². The fourth-order valence-corrected chi connectivity index (χ4v) is 1.91. The molecule has 3 rings (SSSR count). The highest BCUT2D eigenvalue weighted by Gasteiger charge is 2.06. The van der Waals surface area contributed by atoms with E-state index in [1.807, 2.05) is 13.0 Å². The first-order valence-electron chi connectivity index (χ1n) is 6.02. The summed E-state index contributed by atoms with van der Waals surface area (Å²) in [7, 11) is 0. The molecular weight excluding hydrogens is 261 g/mol. The molecule has 0 aliphatic heterocycles. The van der Waals surface area contributed by atoms with E-state index in [1.54, 1.807) is 10.6 Å². The van der Waals surface area contributed by atoms with Crippen LogP contribution in [0.1, 0.15) is 11.3 Å². The van der Waals surface area contributed by atoms with Crippen LogP contribution < -0.4 is 5.32 Å². The van der Waals surface area contributed by atoms with Gasteiger partial charge in [-0.1, -0.05) is 6.07 Å². The van der Waals surface area contributed by atoms with Crippen LogP contribution in [0, 0.1) is 12.7 Å². The summed E-state index contributed by atoms with van der Waals surface area (Å²) in [6.45, 7) is 2.26. The summed E-state index contributed by atoms with van der Waals surface area (Å²) in [5.74, 6) is 0.233. The Hall–Kier alpha value is -2.70. The molecule has 2 N–H and O–H groups in total. The summed E-state index contributed by atoms with van der Waals surface area (Å²) in [6.07, 6.45) is 1.42. The Balaban J connectivity index is 1.86. The standard InChI is InChI=1S/C13H12FN5O/c1-8-4-12(19-13(18-8)16-7-17-19)15-6-9-2-3-11(20)10(14)5-9/h2-5,7,15,20H,6H2,1H3. The van der Waals surface area contributed by atoms with Gasteiger partial charge in [-0.15, -0.1) is 0 Å². The molecule has 6 nitrogen and oxygen atoms in total. The molecule has 0 amide bonds. The van der Waals surface area contributed by atoms with Crippen molar-refractivity contribution in [2.75, 3.05) is 5.32 Å². The predicted molar refractivity (Wildman–Crippen MR) is 70.9 cm³/mol. The van der Waals surface area contributed by atoms with Gasteiger partial charge in [0, 0.05) is 18.3 Å². The topological polar surface area (TPSA) is 75.3 Å². The average Bonchev–Trinajstić information content (AvgIpc) is 2.88. The summed E-state index contributed by atoms with van der Waals surface area (Å²) in [6, 6.07) is 6.10. The van der Waals surface area contributed by atoms with Crippen LogP contribution in [-0.2, 0) is 6.54 Å². The molecule has 0 saturated carbocycles. The molecule has 0 fully saturated rings. The third-order valence-corrected chi connectivity index (χ3v) is 2.87. The van der Waals surface area contributed by atoms with Gasteiger partial charge in [0.05, 0.1) is 0 Å². The number of aromatic hydroxyl groups is 1. The van der Waals surface area contributed by atoms with E-state index in [-0.39, 0.29) is 5.75 Å². The second-order valence-corrected chi connectivity index (χ2v) is 4.39. The highest BCUT2D eigenvalue weighted by atomic mass is 19.1. The number of nitrogens with zero attached hydrogens (tertiary/aromatic N) is 4. The maximum Gasteiger partial charge on any atom is 0.254 e. The molecule has 7 heteroatoms. The first-order valence-corrected chi connectivity index (χ1v) is 6.02. The van der Waals surface area contributed by atoms with Gasteiger partial charge in [0.25, 0.3) is 5.78 Å². The van der Waals surface area contributed by atoms with Crippen molar-refractivity contribution >= 4 is 11.6 Å². The van der Waals surface area contributed by atoms with Crippen LogP contribution in [0.25, 0.3) is 5.78 Å². The minimum absolute atomic E-state index is 0.354. The lowest BCUT2D eigenvalue weighted by Gasteiger charge is -2.09. The lowest BCUT2D eigenvalue weighted by molar-refractivity contribution is 0.432. The second kappa shape index (κ2) is 4.76. The van der Waals surface area contributed by atoms with Crippen LogP contribution >= 0.6 is 0 Å². The molecule has 0 aliphatic carbocycles. The van der Waals surface area contributed by atoms with Gasteiger partial charge in [0.2, 0.25) is 0 Å². The van der Waals surface area contributed by atoms with Crippen LogP contribution in [0.5, 0.6) is 5.75 Å². The number of hydrogen-bond acceptors (Lipinski definition) is 5. The average molecular weight is 273 g/mol. The largest absolute Gasteiger partial charge is 0.505 e. The van der Waals surface area contributed by atoms with E-state index in [9.17, 15) is 4.39 Å². The smallest absolute Gasteiger partial charge is 0.254 e. The van der Waals surface area contributed by atoms with Crippen molar-refractivity contribution in [1.29, 1.82) is 0 Å². The zero-order valence-electron chi connectivity index (χ0n) is 10.7. The second-order valence-electron chi connectivity index (χ2n) is 4.39. The van der Waals surface area contributed by atoms with E-state index in [1.165, 1.54) is 18.5 Å². The number of phenols is 1. The number of nitrogens with one attached hydrogen (secondary N) is 1. The molecule has 0 radical (unpaired) electrons. The first-order chi connectivity index (χ1) is 9.63. The Morgan fingerprint density at radius 1 is 1.35 bits per heavy atom. The minimum atomic E-state index is -0.638. The highest BCUT2D eigenvalue weighted by Crippen LogP contribution is 2.17. The molecule has 0 unspecified atom stereocenters. The zero-order valence-corrected chi connectivity index (χ0v) is 10.7. The lowest BCUT2D eigenvalue weighted by Crippen LogP contribution is -2.07. The Kier molecular flexibility index (Phi) is 2.94. The lowest BCUT2D eigenvalue weighted by atomic mass is 10.2. The number of aromatic nitrogens is 4. The number of benzene rings is 1. The molecule has 0 bridgehead atoms. The van der Waals surface area contributed by atoms with Crippen molar-refractivity contribution in [2.24, 2.45) is 0 Å². The van der Waals surface area contributed by atoms with Gasteiger partial charge in [-0.2, -0.15) is 14.6 Å². The number of fused-ring (bicyclic) bond motifs is 1. The third-order valence-electron chi connectivity index (χ3n) is 2.87. The van der Waals surface area contributed by atoms with Crippen molar-refractivity contribution in [3.63, 3.8) is 0 Å². The fourth-order valence-electron chi connectivity index (χ4n) is 1.91. The number of rotatable bonds is 3. The number of anilines is 1. The van der Waals surface area contributed by atoms with Crippen molar-refractivity contribution in [3.8, 4) is 5.75 Å². The van der Waals surface area contributed by atoms with E-state index in [0.717, 1.165) is 11.5 Å². The summed E-state index contributed by atoms with van der Waals surface area (Å²) < 4.78 is 14.8. The molecular formula is C13H12FN5O. The van der Waals surface area contributed by atoms with Crippen molar-refractivity contribution < 1.29 is 9.50 Å². The monoisotopic (exact) mass is 273 g/mol. The van der Waals surface area contributed by atoms with Crippen LogP contribution in [0.3, 0.4) is 0 Å². The highest BCUT2D eigenvalue weighted by molar-refractivity contribution is 5.45. The molecule has 1 aromatic carbocycles. The van der Waals surface area contributed by atoms with E-state index in [4.69, 9.17) is 5.11 Å². The summed E-state index contributed by atoms with van der Waals surface area (Å²) in [4.78, 5) is 8.26. The van der Waals surface area contributed by atoms with E-state index < -0.39 is 5.82 Å². The van der Waals surface area contributed by atoms with Gasteiger partial charge < -0.3 is 10.4 Å². The number of aryl methyl sites for hydroxylation is 1. The molecule has 102 valence electrons. The Morgan fingerprint density at radius 3 is 3.00 bits per heavy atom. The molecule has 3 aromatic rings. The van der Waals surface area contributed by atoms with Crippen LogP contribution in [0.15, 0.2) is 30.6 Å². The SMILES string of the molecule is Cc1cc(NCc2ccc(O)c(F)c2)n2ncnc2n1. The number of halogens is 1. The Morgan fingerprint density at radius 2 is 2.20 bits per heavy atom. The summed E-state index contributed by atoms with van der Waals surface area (Å²) >= 11 is 0.